The number of hydrogen-bond acceptors (Lipinski definition) is 2. The Morgan fingerprint density at radius 1 is 1.18 bits per heavy atom. The highest BCUT2D eigenvalue weighted by molar-refractivity contribution is 5.51. The van der Waals surface area contributed by atoms with Crippen molar-refractivity contribution in [2.45, 2.75) is 20.4 Å². The van der Waals surface area contributed by atoms with Crippen molar-refractivity contribution in [1.82, 2.24) is 4.98 Å². The van der Waals surface area contributed by atoms with Gasteiger partial charge in [-0.2, -0.15) is 0 Å². The van der Waals surface area contributed by atoms with Crippen LogP contribution >= 0.6 is 0 Å². The summed E-state index contributed by atoms with van der Waals surface area (Å²) in [4.78, 5) is 4.08. The number of hydrogen-bond donors (Lipinski definition) is 1. The lowest BCUT2D eigenvalue weighted by Gasteiger charge is -2.10. The fraction of sp³-hybridized carbons (Fsp3) is 0.214. The lowest BCUT2D eigenvalue weighted by Crippen LogP contribution is -2.03. The molecule has 3 heteroatoms. The lowest BCUT2D eigenvalue weighted by molar-refractivity contribution is 0.628. The summed E-state index contributed by atoms with van der Waals surface area (Å²) in [6.07, 6.45) is 3.60. The van der Waals surface area contributed by atoms with Gasteiger partial charge in [-0.3, -0.25) is 4.98 Å². The number of benzene rings is 1. The van der Waals surface area contributed by atoms with Gasteiger partial charge >= 0.3 is 0 Å². The number of nitrogens with zero attached hydrogens (tertiary/aromatic N) is 1. The summed E-state index contributed by atoms with van der Waals surface area (Å²) in [5, 5.41) is 3.23. The normalized spacial score (nSPS) is 10.3. The van der Waals surface area contributed by atoms with Crippen molar-refractivity contribution in [3.05, 3.63) is 59.2 Å². The minimum absolute atomic E-state index is 0.221. The molecule has 2 rings (SSSR count). The van der Waals surface area contributed by atoms with Crippen LogP contribution in [0.1, 0.15) is 16.7 Å². The molecule has 2 aromatic rings. The molecule has 0 spiro atoms. The molecule has 0 saturated carbocycles. The van der Waals surface area contributed by atoms with Crippen molar-refractivity contribution < 1.29 is 4.39 Å². The van der Waals surface area contributed by atoms with Crippen LogP contribution in [0.3, 0.4) is 0 Å². The summed E-state index contributed by atoms with van der Waals surface area (Å²) >= 11 is 0. The Kier molecular flexibility index (Phi) is 3.38. The van der Waals surface area contributed by atoms with Gasteiger partial charge in [-0.1, -0.05) is 6.07 Å². The minimum Gasteiger partial charge on any atom is -0.381 e. The molecule has 1 N–H and O–H groups in total. The second kappa shape index (κ2) is 4.95. The van der Waals surface area contributed by atoms with Crippen LogP contribution in [0.5, 0.6) is 0 Å². The third-order valence-corrected chi connectivity index (χ3v) is 2.82. The molecule has 0 saturated heterocycles. The van der Waals surface area contributed by atoms with E-state index in [2.05, 4.69) is 10.3 Å². The van der Waals surface area contributed by atoms with Crippen LogP contribution in [0.2, 0.25) is 0 Å². The summed E-state index contributed by atoms with van der Waals surface area (Å²) in [7, 11) is 0. The summed E-state index contributed by atoms with van der Waals surface area (Å²) in [5.41, 5.74) is 4.17. The molecular formula is C14H15FN2. The van der Waals surface area contributed by atoms with Crippen molar-refractivity contribution in [3.63, 3.8) is 0 Å². The molecule has 1 heterocycles. The van der Waals surface area contributed by atoms with E-state index in [0.717, 1.165) is 16.8 Å². The quantitative estimate of drug-likeness (QED) is 0.873. The van der Waals surface area contributed by atoms with Crippen molar-refractivity contribution in [2.75, 3.05) is 5.32 Å². The highest BCUT2D eigenvalue weighted by Gasteiger charge is 2.01. The highest BCUT2D eigenvalue weighted by Crippen LogP contribution is 2.17. The molecule has 0 radical (unpaired) electrons. The first-order valence-corrected chi connectivity index (χ1v) is 5.56. The van der Waals surface area contributed by atoms with E-state index in [9.17, 15) is 4.39 Å². The molecule has 17 heavy (non-hydrogen) atoms. The summed E-state index contributed by atoms with van der Waals surface area (Å²) in [5.74, 6) is -0.221. The van der Waals surface area contributed by atoms with E-state index in [-0.39, 0.29) is 5.82 Å². The maximum Gasteiger partial charge on any atom is 0.125 e. The first-order valence-electron chi connectivity index (χ1n) is 5.56. The number of aromatic nitrogens is 1. The van der Waals surface area contributed by atoms with Crippen LogP contribution in [0.25, 0.3) is 0 Å². The number of halogens is 1. The van der Waals surface area contributed by atoms with Crippen molar-refractivity contribution in [2.24, 2.45) is 0 Å². The van der Waals surface area contributed by atoms with Crippen molar-refractivity contribution in [1.29, 1.82) is 0 Å². The Morgan fingerprint density at radius 3 is 2.76 bits per heavy atom. The van der Waals surface area contributed by atoms with Crippen LogP contribution in [0.15, 0.2) is 36.7 Å². The van der Waals surface area contributed by atoms with Gasteiger partial charge in [0.1, 0.15) is 5.82 Å². The molecule has 0 unspecified atom stereocenters. The minimum atomic E-state index is -0.221. The average molecular weight is 230 g/mol. The van der Waals surface area contributed by atoms with E-state index in [1.165, 1.54) is 17.7 Å². The topological polar surface area (TPSA) is 24.9 Å². The molecule has 1 aromatic carbocycles. The van der Waals surface area contributed by atoms with Crippen LogP contribution in [0, 0.1) is 19.7 Å². The predicted octanol–water partition coefficient (Wildman–Crippen LogP) is 3.45. The van der Waals surface area contributed by atoms with Crippen molar-refractivity contribution in [3.8, 4) is 0 Å². The molecule has 0 aliphatic rings. The van der Waals surface area contributed by atoms with Gasteiger partial charge in [0.15, 0.2) is 0 Å². The van der Waals surface area contributed by atoms with Crippen LogP contribution in [-0.4, -0.2) is 4.98 Å². The standard InChI is InChI=1S/C14H15FN2/c1-10-5-6-16-8-12(10)9-17-14-7-13(15)4-3-11(14)2/h3-8,17H,9H2,1-2H3. The Hall–Kier alpha value is -1.90. The van der Waals surface area contributed by atoms with Crippen molar-refractivity contribution >= 4 is 5.69 Å². The zero-order valence-electron chi connectivity index (χ0n) is 10.00. The largest absolute Gasteiger partial charge is 0.381 e. The molecular weight excluding hydrogens is 215 g/mol. The number of nitrogens with one attached hydrogen (secondary N) is 1. The molecule has 0 fully saturated rings. The monoisotopic (exact) mass is 230 g/mol. The maximum atomic E-state index is 13.1. The smallest absolute Gasteiger partial charge is 0.125 e. The summed E-state index contributed by atoms with van der Waals surface area (Å²) < 4.78 is 13.1. The molecule has 0 aliphatic heterocycles. The van der Waals surface area contributed by atoms with E-state index in [1.807, 2.05) is 26.1 Å². The molecule has 1 aromatic heterocycles. The third-order valence-electron chi connectivity index (χ3n) is 2.82. The Bertz CT molecular complexity index is 523. The van der Waals surface area contributed by atoms with Gasteiger partial charge in [-0.25, -0.2) is 4.39 Å². The van der Waals surface area contributed by atoms with Gasteiger partial charge in [0, 0.05) is 24.6 Å². The third kappa shape index (κ3) is 2.81. The first kappa shape index (κ1) is 11.6. The first-order chi connectivity index (χ1) is 8.16. The van der Waals surface area contributed by atoms with E-state index in [1.54, 1.807) is 12.3 Å². The van der Waals surface area contributed by atoms with Gasteiger partial charge in [0.25, 0.3) is 0 Å². The van der Waals surface area contributed by atoms with Gasteiger partial charge in [-0.15, -0.1) is 0 Å². The fourth-order valence-corrected chi connectivity index (χ4v) is 1.66. The number of rotatable bonds is 3. The van der Waals surface area contributed by atoms with Gasteiger partial charge in [0.05, 0.1) is 0 Å². The van der Waals surface area contributed by atoms with Gasteiger partial charge in [-0.05, 0) is 48.7 Å². The number of pyridine rings is 1. The summed E-state index contributed by atoms with van der Waals surface area (Å²) in [6.45, 7) is 4.65. The molecule has 0 amide bonds. The van der Waals surface area contributed by atoms with Gasteiger partial charge < -0.3 is 5.32 Å². The molecule has 2 nitrogen and oxygen atoms in total. The van der Waals surface area contributed by atoms with Gasteiger partial charge in [0.2, 0.25) is 0 Å². The van der Waals surface area contributed by atoms with Crippen LogP contribution in [0.4, 0.5) is 10.1 Å². The summed E-state index contributed by atoms with van der Waals surface area (Å²) in [6, 6.07) is 6.72. The van der Waals surface area contributed by atoms with E-state index in [4.69, 9.17) is 0 Å². The molecule has 0 atom stereocenters. The zero-order valence-corrected chi connectivity index (χ0v) is 10.00. The average Bonchev–Trinajstić information content (AvgIpc) is 2.32. The zero-order chi connectivity index (χ0) is 12.3. The maximum absolute atomic E-state index is 13.1. The SMILES string of the molecule is Cc1ccncc1CNc1cc(F)ccc1C. The number of aryl methyl sites for hydroxylation is 2. The predicted molar refractivity (Wildman–Crippen MR) is 67.4 cm³/mol. The van der Waals surface area contributed by atoms with Crippen LogP contribution < -0.4 is 5.32 Å². The van der Waals surface area contributed by atoms with E-state index in [0.29, 0.717) is 6.54 Å². The number of anilines is 1. The highest BCUT2D eigenvalue weighted by atomic mass is 19.1. The molecule has 0 bridgehead atoms. The molecule has 88 valence electrons. The second-order valence-electron chi connectivity index (χ2n) is 4.11. The fourth-order valence-electron chi connectivity index (χ4n) is 1.66. The lowest BCUT2D eigenvalue weighted by atomic mass is 10.1. The second-order valence-corrected chi connectivity index (χ2v) is 4.11. The van der Waals surface area contributed by atoms with E-state index >= 15 is 0 Å². The van der Waals surface area contributed by atoms with Crippen LogP contribution in [-0.2, 0) is 6.54 Å². The van der Waals surface area contributed by atoms with E-state index < -0.39 is 0 Å². The Balaban J connectivity index is 2.12. The Labute approximate surface area is 101 Å². The molecule has 0 aliphatic carbocycles. The Morgan fingerprint density at radius 2 is 2.00 bits per heavy atom.